The van der Waals surface area contributed by atoms with Crippen LogP contribution in [0.15, 0.2) is 34.9 Å². The van der Waals surface area contributed by atoms with E-state index in [0.717, 1.165) is 0 Å². The minimum atomic E-state index is -1.64. The lowest BCUT2D eigenvalue weighted by atomic mass is 10.1. The van der Waals surface area contributed by atoms with Crippen LogP contribution in [0.1, 0.15) is 34.5 Å². The number of furan rings is 1. The van der Waals surface area contributed by atoms with Crippen molar-refractivity contribution in [2.75, 3.05) is 0 Å². The van der Waals surface area contributed by atoms with Gasteiger partial charge in [0.1, 0.15) is 18.1 Å². The molecule has 29 heavy (non-hydrogen) atoms. The number of hydrogen-bond acceptors (Lipinski definition) is 4. The molecular weight excluding hydrogens is 392 g/mol. The molecule has 9 heteroatoms. The van der Waals surface area contributed by atoms with Gasteiger partial charge in [-0.1, -0.05) is 0 Å². The Bertz CT molecular complexity index is 1060. The van der Waals surface area contributed by atoms with Crippen molar-refractivity contribution in [1.29, 1.82) is 0 Å². The van der Waals surface area contributed by atoms with E-state index in [9.17, 15) is 22.4 Å². The second kappa shape index (κ2) is 8.34. The first-order valence-electron chi connectivity index (χ1n) is 8.61. The van der Waals surface area contributed by atoms with Gasteiger partial charge >= 0.3 is 0 Å². The lowest BCUT2D eigenvalue weighted by Crippen LogP contribution is -2.03. The Kier molecular flexibility index (Phi) is 5.86. The van der Waals surface area contributed by atoms with E-state index >= 15 is 0 Å². The molecule has 2 heterocycles. The van der Waals surface area contributed by atoms with Crippen LogP contribution in [0.3, 0.4) is 0 Å². The van der Waals surface area contributed by atoms with Crippen LogP contribution in [0, 0.1) is 30.2 Å². The van der Waals surface area contributed by atoms with Gasteiger partial charge in [0.2, 0.25) is 11.6 Å². The van der Waals surface area contributed by atoms with E-state index in [0.29, 0.717) is 17.8 Å². The SMILES string of the molecule is CCn1cc(C(=O)/C=C/c2ccc(COc3c(F)c(F)cc(F)c3F)o2)c(C)n1. The number of halogens is 4. The number of benzene rings is 1. The fourth-order valence-corrected chi connectivity index (χ4v) is 2.55. The normalized spacial score (nSPS) is 11.4. The molecule has 0 unspecified atom stereocenters. The molecule has 0 saturated carbocycles. The molecule has 2 aromatic heterocycles. The third-order valence-corrected chi connectivity index (χ3v) is 4.05. The van der Waals surface area contributed by atoms with Crippen molar-refractivity contribution in [1.82, 2.24) is 9.78 Å². The molecular formula is C20H16F4N2O3. The lowest BCUT2D eigenvalue weighted by Gasteiger charge is -2.08. The number of ketones is 1. The van der Waals surface area contributed by atoms with Crippen LogP contribution in [-0.2, 0) is 13.2 Å². The number of aryl methyl sites for hydroxylation is 2. The summed E-state index contributed by atoms with van der Waals surface area (Å²) in [5.74, 6) is -7.43. The summed E-state index contributed by atoms with van der Waals surface area (Å²) < 4.78 is 65.4. The van der Waals surface area contributed by atoms with Gasteiger partial charge in [0.15, 0.2) is 23.2 Å². The van der Waals surface area contributed by atoms with Gasteiger partial charge in [-0.25, -0.2) is 8.78 Å². The number of hydrogen-bond donors (Lipinski definition) is 0. The Labute approximate surface area is 163 Å². The molecule has 5 nitrogen and oxygen atoms in total. The number of aromatic nitrogens is 2. The number of carbonyl (C=O) groups is 1. The molecule has 0 aliphatic rings. The summed E-state index contributed by atoms with van der Waals surface area (Å²) in [4.78, 5) is 12.3. The molecule has 0 spiro atoms. The van der Waals surface area contributed by atoms with Crippen LogP contribution in [0.25, 0.3) is 6.08 Å². The summed E-state index contributed by atoms with van der Waals surface area (Å²) in [5, 5.41) is 4.20. The Morgan fingerprint density at radius 3 is 2.52 bits per heavy atom. The van der Waals surface area contributed by atoms with Gasteiger partial charge in [-0.15, -0.1) is 0 Å². The van der Waals surface area contributed by atoms with Crippen molar-refractivity contribution in [3.8, 4) is 5.75 Å². The van der Waals surface area contributed by atoms with E-state index < -0.39 is 35.6 Å². The number of ether oxygens (including phenoxy) is 1. The van der Waals surface area contributed by atoms with Crippen LogP contribution in [0.2, 0.25) is 0 Å². The third kappa shape index (κ3) is 4.39. The largest absolute Gasteiger partial charge is 0.479 e. The van der Waals surface area contributed by atoms with Gasteiger partial charge < -0.3 is 9.15 Å². The summed E-state index contributed by atoms with van der Waals surface area (Å²) in [7, 11) is 0. The molecule has 0 N–H and O–H groups in total. The zero-order valence-corrected chi connectivity index (χ0v) is 15.5. The molecule has 0 saturated heterocycles. The van der Waals surface area contributed by atoms with Crippen molar-refractivity contribution in [2.45, 2.75) is 27.0 Å². The minimum Gasteiger partial charge on any atom is -0.479 e. The van der Waals surface area contributed by atoms with Crippen LogP contribution in [0.5, 0.6) is 5.75 Å². The average molecular weight is 408 g/mol. The Balaban J connectivity index is 1.68. The fraction of sp³-hybridized carbons (Fsp3) is 0.200. The molecule has 0 aliphatic heterocycles. The molecule has 0 radical (unpaired) electrons. The smallest absolute Gasteiger partial charge is 0.203 e. The minimum absolute atomic E-state index is 0.0935. The van der Waals surface area contributed by atoms with E-state index in [2.05, 4.69) is 5.10 Å². The van der Waals surface area contributed by atoms with E-state index in [1.165, 1.54) is 24.3 Å². The first-order valence-corrected chi connectivity index (χ1v) is 8.61. The molecule has 0 bridgehead atoms. The maximum Gasteiger partial charge on any atom is 0.203 e. The van der Waals surface area contributed by atoms with E-state index in [4.69, 9.17) is 9.15 Å². The van der Waals surface area contributed by atoms with Gasteiger partial charge in [-0.05, 0) is 38.1 Å². The van der Waals surface area contributed by atoms with Gasteiger partial charge in [0.25, 0.3) is 0 Å². The quantitative estimate of drug-likeness (QED) is 0.243. The highest BCUT2D eigenvalue weighted by atomic mass is 19.2. The second-order valence-electron chi connectivity index (χ2n) is 6.07. The monoisotopic (exact) mass is 408 g/mol. The Morgan fingerprint density at radius 1 is 1.21 bits per heavy atom. The molecule has 0 atom stereocenters. The molecule has 3 aromatic rings. The highest BCUT2D eigenvalue weighted by Crippen LogP contribution is 2.27. The summed E-state index contributed by atoms with van der Waals surface area (Å²) in [6.45, 7) is 3.79. The molecule has 3 rings (SSSR count). The Hall–Kier alpha value is -3.36. The van der Waals surface area contributed by atoms with Crippen molar-refractivity contribution in [2.24, 2.45) is 0 Å². The predicted molar refractivity (Wildman–Crippen MR) is 95.3 cm³/mol. The van der Waals surface area contributed by atoms with Crippen LogP contribution < -0.4 is 4.74 Å². The second-order valence-corrected chi connectivity index (χ2v) is 6.07. The first kappa shape index (κ1) is 20.4. The standard InChI is InChI=1S/C20H16F4N2O3/c1-3-26-9-14(11(2)25-26)17(27)7-6-12-4-5-13(29-12)10-28-20-18(23)15(21)8-16(22)19(20)24/h4-9H,3,10H2,1-2H3/b7-6+. The van der Waals surface area contributed by atoms with Crippen LogP contribution in [-0.4, -0.2) is 15.6 Å². The van der Waals surface area contributed by atoms with E-state index in [1.54, 1.807) is 17.8 Å². The average Bonchev–Trinajstić information content (AvgIpc) is 3.30. The number of allylic oxidation sites excluding steroid dienone is 1. The summed E-state index contributed by atoms with van der Waals surface area (Å²) >= 11 is 0. The molecule has 152 valence electrons. The van der Waals surface area contributed by atoms with E-state index in [1.807, 2.05) is 6.92 Å². The molecule has 1 aromatic carbocycles. The van der Waals surface area contributed by atoms with Gasteiger partial charge in [-0.2, -0.15) is 13.9 Å². The highest BCUT2D eigenvalue weighted by Gasteiger charge is 2.21. The first-order chi connectivity index (χ1) is 13.8. The van der Waals surface area contributed by atoms with Crippen molar-refractivity contribution in [3.05, 3.63) is 76.5 Å². The van der Waals surface area contributed by atoms with Crippen molar-refractivity contribution in [3.63, 3.8) is 0 Å². The number of carbonyl (C=O) groups excluding carboxylic acids is 1. The van der Waals surface area contributed by atoms with Crippen LogP contribution in [0.4, 0.5) is 17.6 Å². The number of nitrogens with zero attached hydrogens (tertiary/aromatic N) is 2. The van der Waals surface area contributed by atoms with Gasteiger partial charge in [-0.3, -0.25) is 9.48 Å². The van der Waals surface area contributed by atoms with E-state index in [-0.39, 0.29) is 23.4 Å². The third-order valence-electron chi connectivity index (χ3n) is 4.05. The van der Waals surface area contributed by atoms with Gasteiger partial charge in [0.05, 0.1) is 11.3 Å². The zero-order chi connectivity index (χ0) is 21.1. The zero-order valence-electron chi connectivity index (χ0n) is 15.5. The summed E-state index contributed by atoms with van der Waals surface area (Å²) in [6, 6.07) is 3.04. The van der Waals surface area contributed by atoms with Gasteiger partial charge in [0, 0.05) is 18.8 Å². The van der Waals surface area contributed by atoms with Crippen molar-refractivity contribution >= 4 is 11.9 Å². The summed E-state index contributed by atoms with van der Waals surface area (Å²) in [5.41, 5.74) is 1.05. The van der Waals surface area contributed by atoms with Crippen LogP contribution >= 0.6 is 0 Å². The lowest BCUT2D eigenvalue weighted by molar-refractivity contribution is 0.104. The fourth-order valence-electron chi connectivity index (χ4n) is 2.55. The molecule has 0 amide bonds. The summed E-state index contributed by atoms with van der Waals surface area (Å²) in [6.07, 6.45) is 4.36. The van der Waals surface area contributed by atoms with Crippen molar-refractivity contribution < 1.29 is 31.5 Å². The highest BCUT2D eigenvalue weighted by molar-refractivity contribution is 6.07. The predicted octanol–water partition coefficient (Wildman–Crippen LogP) is 4.84. The molecule has 0 fully saturated rings. The Morgan fingerprint density at radius 2 is 1.90 bits per heavy atom. The topological polar surface area (TPSA) is 57.3 Å². The molecule has 0 aliphatic carbocycles. The number of rotatable bonds is 7. The maximum atomic E-state index is 13.6. The maximum absolute atomic E-state index is 13.6.